The summed E-state index contributed by atoms with van der Waals surface area (Å²) in [6.07, 6.45) is 0. The number of rotatable bonds is 4. The topological polar surface area (TPSA) is 35.5 Å². The molecule has 0 unspecified atom stereocenters. The van der Waals surface area contributed by atoms with Gasteiger partial charge in [0.1, 0.15) is 12.4 Å². The zero-order valence-electron chi connectivity index (χ0n) is 12.1. The van der Waals surface area contributed by atoms with Gasteiger partial charge in [-0.2, -0.15) is 0 Å². The third kappa shape index (κ3) is 3.10. The molecule has 1 aromatic rings. The highest BCUT2D eigenvalue weighted by atomic mass is 16.5. The lowest BCUT2D eigenvalue weighted by molar-refractivity contribution is 0.0847. The molecule has 0 saturated heterocycles. The molecule has 18 heavy (non-hydrogen) atoms. The molecule has 1 aromatic carbocycles. The summed E-state index contributed by atoms with van der Waals surface area (Å²) >= 11 is 0. The zero-order chi connectivity index (χ0) is 13.9. The second-order valence-corrected chi connectivity index (χ2v) is 5.47. The van der Waals surface area contributed by atoms with E-state index in [9.17, 15) is 4.79 Å². The minimum atomic E-state index is -0.0683. The maximum absolute atomic E-state index is 12.0. The van der Waals surface area contributed by atoms with Gasteiger partial charge in [-0.1, -0.05) is 20.8 Å². The van der Waals surface area contributed by atoms with Crippen molar-refractivity contribution < 1.29 is 14.3 Å². The molecule has 0 atom stereocenters. The van der Waals surface area contributed by atoms with Gasteiger partial charge in [-0.15, -0.1) is 0 Å². The molecule has 0 aliphatic rings. The summed E-state index contributed by atoms with van der Waals surface area (Å²) in [6.45, 7) is 8.33. The Labute approximate surface area is 109 Å². The van der Waals surface area contributed by atoms with Crippen LogP contribution in [0.1, 0.15) is 42.3 Å². The molecule has 0 N–H and O–H groups in total. The number of aryl methyl sites for hydroxylation is 1. The highest BCUT2D eigenvalue weighted by molar-refractivity contribution is 5.98. The normalized spacial score (nSPS) is 11.4. The van der Waals surface area contributed by atoms with Crippen molar-refractivity contribution in [2.45, 2.75) is 33.1 Å². The number of carbonyl (C=O) groups is 1. The first kappa shape index (κ1) is 14.7. The van der Waals surface area contributed by atoms with Crippen molar-refractivity contribution in [1.29, 1.82) is 0 Å². The molecule has 0 aromatic heterocycles. The first-order valence-corrected chi connectivity index (χ1v) is 6.02. The molecule has 0 fully saturated rings. The van der Waals surface area contributed by atoms with Gasteiger partial charge in [0.05, 0.1) is 7.11 Å². The van der Waals surface area contributed by atoms with Crippen molar-refractivity contribution in [2.24, 2.45) is 0 Å². The molecule has 0 saturated carbocycles. The lowest BCUT2D eigenvalue weighted by Gasteiger charge is -2.23. The van der Waals surface area contributed by atoms with Gasteiger partial charge in [-0.3, -0.25) is 4.79 Å². The molecule has 0 aliphatic carbocycles. The van der Waals surface area contributed by atoms with E-state index in [2.05, 4.69) is 20.8 Å². The van der Waals surface area contributed by atoms with Gasteiger partial charge < -0.3 is 9.47 Å². The quantitative estimate of drug-likeness (QED) is 0.770. The van der Waals surface area contributed by atoms with Crippen LogP contribution < -0.4 is 4.74 Å². The highest BCUT2D eigenvalue weighted by Crippen LogP contribution is 2.33. The first-order chi connectivity index (χ1) is 8.31. The van der Waals surface area contributed by atoms with Crippen LogP contribution in [0.5, 0.6) is 5.75 Å². The van der Waals surface area contributed by atoms with Crippen molar-refractivity contribution in [3.63, 3.8) is 0 Å². The Bertz CT molecular complexity index is 442. The molecule has 100 valence electrons. The van der Waals surface area contributed by atoms with Gasteiger partial charge in [0, 0.05) is 18.2 Å². The number of benzene rings is 1. The fourth-order valence-electron chi connectivity index (χ4n) is 1.95. The van der Waals surface area contributed by atoms with E-state index >= 15 is 0 Å². The van der Waals surface area contributed by atoms with Crippen molar-refractivity contribution >= 4 is 5.78 Å². The summed E-state index contributed by atoms with van der Waals surface area (Å²) in [4.78, 5) is 12.0. The summed E-state index contributed by atoms with van der Waals surface area (Å²) in [5.41, 5.74) is 2.60. The molecule has 0 aliphatic heterocycles. The smallest absolute Gasteiger partial charge is 0.188 e. The van der Waals surface area contributed by atoms with Crippen LogP contribution in [0.3, 0.4) is 0 Å². The molecule has 0 amide bonds. The largest absolute Gasteiger partial charge is 0.496 e. The predicted octanol–water partition coefficient (Wildman–Crippen LogP) is 3.13. The molecule has 0 radical (unpaired) electrons. The standard InChI is InChI=1S/C15H22O3/c1-10-7-14(18-6)12(15(2,3)4)8-11(10)13(16)9-17-5/h7-8H,9H2,1-6H3. The maximum atomic E-state index is 12.0. The van der Waals surface area contributed by atoms with Gasteiger partial charge >= 0.3 is 0 Å². The Kier molecular flexibility index (Phi) is 4.52. The Morgan fingerprint density at radius 2 is 1.83 bits per heavy atom. The average Bonchev–Trinajstić information content (AvgIpc) is 2.27. The second kappa shape index (κ2) is 5.53. The molecule has 0 heterocycles. The third-order valence-corrected chi connectivity index (χ3v) is 2.93. The molecule has 0 spiro atoms. The van der Waals surface area contributed by atoms with E-state index in [1.807, 2.05) is 19.1 Å². The fraction of sp³-hybridized carbons (Fsp3) is 0.533. The van der Waals surface area contributed by atoms with Gasteiger partial charge in [0.25, 0.3) is 0 Å². The number of ketones is 1. The summed E-state index contributed by atoms with van der Waals surface area (Å²) in [7, 11) is 3.18. The number of Topliss-reactive ketones (excluding diaryl/α,β-unsaturated/α-hetero) is 1. The van der Waals surface area contributed by atoms with Gasteiger partial charge in [0.15, 0.2) is 5.78 Å². The van der Waals surface area contributed by atoms with Gasteiger partial charge in [-0.25, -0.2) is 0 Å². The van der Waals surface area contributed by atoms with E-state index in [-0.39, 0.29) is 17.8 Å². The molecule has 1 rings (SSSR count). The number of methoxy groups -OCH3 is 2. The lowest BCUT2D eigenvalue weighted by Crippen LogP contribution is -2.16. The molecule has 3 heteroatoms. The fourth-order valence-corrected chi connectivity index (χ4v) is 1.95. The zero-order valence-corrected chi connectivity index (χ0v) is 12.1. The number of ether oxygens (including phenoxy) is 2. The van der Waals surface area contributed by atoms with E-state index in [0.717, 1.165) is 16.9 Å². The van der Waals surface area contributed by atoms with Crippen LogP contribution in [0.25, 0.3) is 0 Å². The monoisotopic (exact) mass is 250 g/mol. The van der Waals surface area contributed by atoms with Gasteiger partial charge in [0.2, 0.25) is 0 Å². The Morgan fingerprint density at radius 1 is 1.22 bits per heavy atom. The summed E-state index contributed by atoms with van der Waals surface area (Å²) in [5, 5.41) is 0. The van der Waals surface area contributed by atoms with Crippen LogP contribution in [0.15, 0.2) is 12.1 Å². The number of hydrogen-bond donors (Lipinski definition) is 0. The van der Waals surface area contributed by atoms with E-state index in [1.54, 1.807) is 7.11 Å². The summed E-state index contributed by atoms with van der Waals surface area (Å²) in [6, 6.07) is 3.85. The number of hydrogen-bond acceptors (Lipinski definition) is 3. The predicted molar refractivity (Wildman–Crippen MR) is 72.6 cm³/mol. The Balaban J connectivity index is 3.35. The summed E-state index contributed by atoms with van der Waals surface area (Å²) < 4.78 is 10.3. The maximum Gasteiger partial charge on any atom is 0.188 e. The van der Waals surface area contributed by atoms with E-state index in [4.69, 9.17) is 9.47 Å². The Morgan fingerprint density at radius 3 is 2.28 bits per heavy atom. The minimum absolute atomic E-state index is 0.00292. The average molecular weight is 250 g/mol. The van der Waals surface area contributed by atoms with Crippen LogP contribution in [0, 0.1) is 6.92 Å². The van der Waals surface area contributed by atoms with Crippen LogP contribution in [0.2, 0.25) is 0 Å². The molecular weight excluding hydrogens is 228 g/mol. The van der Waals surface area contributed by atoms with Crippen molar-refractivity contribution in [3.8, 4) is 5.75 Å². The van der Waals surface area contributed by atoms with E-state index in [0.29, 0.717) is 5.56 Å². The molecule has 3 nitrogen and oxygen atoms in total. The van der Waals surface area contributed by atoms with Crippen molar-refractivity contribution in [2.75, 3.05) is 20.8 Å². The highest BCUT2D eigenvalue weighted by Gasteiger charge is 2.22. The molecule has 0 bridgehead atoms. The van der Waals surface area contributed by atoms with Crippen molar-refractivity contribution in [3.05, 3.63) is 28.8 Å². The SMILES string of the molecule is COCC(=O)c1cc(C(C)(C)C)c(OC)cc1C. The van der Waals surface area contributed by atoms with Crippen LogP contribution in [-0.2, 0) is 10.2 Å². The van der Waals surface area contributed by atoms with E-state index in [1.165, 1.54) is 7.11 Å². The number of carbonyl (C=O) groups excluding carboxylic acids is 1. The molecular formula is C15H22O3. The second-order valence-electron chi connectivity index (χ2n) is 5.47. The van der Waals surface area contributed by atoms with Crippen molar-refractivity contribution in [1.82, 2.24) is 0 Å². The first-order valence-electron chi connectivity index (χ1n) is 6.02. The Hall–Kier alpha value is -1.35. The third-order valence-electron chi connectivity index (χ3n) is 2.93. The van der Waals surface area contributed by atoms with Crippen LogP contribution in [-0.4, -0.2) is 26.6 Å². The van der Waals surface area contributed by atoms with E-state index < -0.39 is 0 Å². The minimum Gasteiger partial charge on any atom is -0.496 e. The van der Waals surface area contributed by atoms with Gasteiger partial charge in [-0.05, 0) is 30.0 Å². The lowest BCUT2D eigenvalue weighted by atomic mass is 9.84. The van der Waals surface area contributed by atoms with Crippen LogP contribution in [0.4, 0.5) is 0 Å². The van der Waals surface area contributed by atoms with Crippen LogP contribution >= 0.6 is 0 Å². The summed E-state index contributed by atoms with van der Waals surface area (Å²) in [5.74, 6) is 0.831.